The maximum atomic E-state index is 11.8. The van der Waals surface area contributed by atoms with Crippen LogP contribution in [0.1, 0.15) is 5.69 Å². The van der Waals surface area contributed by atoms with Crippen LogP contribution in [0, 0.1) is 11.8 Å². The van der Waals surface area contributed by atoms with Crippen LogP contribution < -0.4 is 5.73 Å². The van der Waals surface area contributed by atoms with Crippen molar-refractivity contribution in [1.29, 1.82) is 0 Å². The Morgan fingerprint density at radius 2 is 2.36 bits per heavy atom. The van der Waals surface area contributed by atoms with Crippen LogP contribution in [0.25, 0.3) is 11.0 Å². The molecule has 0 radical (unpaired) electrons. The van der Waals surface area contributed by atoms with Crippen LogP contribution in [0.15, 0.2) is 18.3 Å². The Kier molecular flexibility index (Phi) is 2.07. The molecule has 3 N–H and O–H groups in total. The van der Waals surface area contributed by atoms with E-state index >= 15 is 0 Å². The molecule has 0 aromatic carbocycles. The fourth-order valence-electron chi connectivity index (χ4n) is 1.23. The van der Waals surface area contributed by atoms with E-state index in [1.54, 1.807) is 18.3 Å². The zero-order valence-electron chi connectivity index (χ0n) is 7.34. The van der Waals surface area contributed by atoms with Crippen LogP contribution in [0.2, 0.25) is 0 Å². The first kappa shape index (κ1) is 8.57. The van der Waals surface area contributed by atoms with Crippen LogP contribution in [-0.2, 0) is 0 Å². The van der Waals surface area contributed by atoms with Crippen molar-refractivity contribution in [2.75, 3.05) is 12.4 Å². The fourth-order valence-corrected chi connectivity index (χ4v) is 1.23. The van der Waals surface area contributed by atoms with Gasteiger partial charge in [-0.25, -0.2) is 9.37 Å². The van der Waals surface area contributed by atoms with E-state index in [1.165, 1.54) is 0 Å². The molecule has 0 bridgehead atoms. The van der Waals surface area contributed by atoms with Gasteiger partial charge >= 0.3 is 0 Å². The normalized spacial score (nSPS) is 9.79. The highest BCUT2D eigenvalue weighted by molar-refractivity contribution is 5.80. The zero-order valence-corrected chi connectivity index (χ0v) is 7.34. The van der Waals surface area contributed by atoms with Gasteiger partial charge in [0.1, 0.15) is 5.65 Å². The molecule has 0 fully saturated rings. The van der Waals surface area contributed by atoms with Gasteiger partial charge in [-0.05, 0) is 18.1 Å². The van der Waals surface area contributed by atoms with Crippen LogP contribution >= 0.6 is 0 Å². The molecule has 0 aliphatic rings. The minimum absolute atomic E-state index is 0.599. The van der Waals surface area contributed by atoms with Crippen molar-refractivity contribution in [2.24, 2.45) is 0 Å². The van der Waals surface area contributed by atoms with Gasteiger partial charge in [-0.15, -0.1) is 0 Å². The number of halogens is 1. The van der Waals surface area contributed by atoms with Gasteiger partial charge in [-0.1, -0.05) is 5.92 Å². The van der Waals surface area contributed by atoms with E-state index in [2.05, 4.69) is 21.8 Å². The standard InChI is InChI=1S/C10H8FN3/c11-3-1-2-9-5-7-4-8(12)6-13-10(7)14-9/h4-6H,3,12H2,(H,13,14). The second-order valence-electron chi connectivity index (χ2n) is 2.82. The second-order valence-corrected chi connectivity index (χ2v) is 2.82. The van der Waals surface area contributed by atoms with E-state index in [4.69, 9.17) is 5.73 Å². The highest BCUT2D eigenvalue weighted by Crippen LogP contribution is 2.14. The molecule has 0 saturated heterocycles. The van der Waals surface area contributed by atoms with Gasteiger partial charge in [0.25, 0.3) is 0 Å². The molecule has 2 aromatic rings. The number of aromatic amines is 1. The summed E-state index contributed by atoms with van der Waals surface area (Å²) in [5, 5.41) is 0.883. The zero-order chi connectivity index (χ0) is 9.97. The summed E-state index contributed by atoms with van der Waals surface area (Å²) in [6, 6.07) is 3.58. The third-order valence-electron chi connectivity index (χ3n) is 1.78. The lowest BCUT2D eigenvalue weighted by atomic mass is 10.3. The molecular weight excluding hydrogens is 181 g/mol. The summed E-state index contributed by atoms with van der Waals surface area (Å²) in [5.41, 5.74) is 7.52. The molecule has 0 aliphatic heterocycles. The number of H-pyrrole nitrogens is 1. The summed E-state index contributed by atoms with van der Waals surface area (Å²) < 4.78 is 11.8. The number of hydrogen-bond donors (Lipinski definition) is 2. The SMILES string of the molecule is Nc1cnc2[nH]c(C#CCF)cc2c1. The Balaban J connectivity index is 2.51. The number of fused-ring (bicyclic) bond motifs is 1. The number of aromatic nitrogens is 2. The number of nitrogen functional groups attached to an aromatic ring is 1. The molecule has 2 rings (SSSR count). The third kappa shape index (κ3) is 1.52. The van der Waals surface area contributed by atoms with Gasteiger partial charge in [0.05, 0.1) is 17.6 Å². The molecule has 2 aromatic heterocycles. The van der Waals surface area contributed by atoms with Crippen LogP contribution in [0.3, 0.4) is 0 Å². The van der Waals surface area contributed by atoms with Crippen molar-refractivity contribution in [3.05, 3.63) is 24.0 Å². The molecule has 0 aliphatic carbocycles. The Bertz CT molecular complexity index is 519. The van der Waals surface area contributed by atoms with E-state index in [0.717, 1.165) is 5.39 Å². The number of nitrogens with zero attached hydrogens (tertiary/aromatic N) is 1. The molecule has 4 heteroatoms. The van der Waals surface area contributed by atoms with Crippen LogP contribution in [-0.4, -0.2) is 16.6 Å². The quantitative estimate of drug-likeness (QED) is 0.616. The minimum atomic E-state index is -0.648. The Morgan fingerprint density at radius 3 is 3.14 bits per heavy atom. The highest BCUT2D eigenvalue weighted by atomic mass is 19.1. The monoisotopic (exact) mass is 189 g/mol. The molecule has 0 amide bonds. The van der Waals surface area contributed by atoms with Gasteiger partial charge in [0.15, 0.2) is 6.67 Å². The van der Waals surface area contributed by atoms with E-state index in [9.17, 15) is 4.39 Å². The van der Waals surface area contributed by atoms with Gasteiger partial charge in [-0.3, -0.25) is 0 Å². The lowest BCUT2D eigenvalue weighted by Crippen LogP contribution is -1.85. The maximum absolute atomic E-state index is 11.8. The Morgan fingerprint density at radius 1 is 1.50 bits per heavy atom. The van der Waals surface area contributed by atoms with Crippen LogP contribution in [0.4, 0.5) is 10.1 Å². The Hall–Kier alpha value is -2.02. The van der Waals surface area contributed by atoms with Crippen molar-refractivity contribution in [3.8, 4) is 11.8 Å². The largest absolute Gasteiger partial charge is 0.397 e. The van der Waals surface area contributed by atoms with E-state index in [-0.39, 0.29) is 0 Å². The van der Waals surface area contributed by atoms with E-state index < -0.39 is 6.67 Å². The molecule has 70 valence electrons. The average Bonchev–Trinajstić information content (AvgIpc) is 2.56. The smallest absolute Gasteiger partial charge is 0.150 e. The first-order chi connectivity index (χ1) is 6.79. The van der Waals surface area contributed by atoms with E-state index in [0.29, 0.717) is 17.0 Å². The molecule has 0 unspecified atom stereocenters. The highest BCUT2D eigenvalue weighted by Gasteiger charge is 1.99. The number of nitrogens with one attached hydrogen (secondary N) is 1. The van der Waals surface area contributed by atoms with Crippen molar-refractivity contribution < 1.29 is 4.39 Å². The van der Waals surface area contributed by atoms with E-state index in [1.807, 2.05) is 0 Å². The number of alkyl halides is 1. The summed E-state index contributed by atoms with van der Waals surface area (Å²) in [5.74, 6) is 4.98. The second kappa shape index (κ2) is 3.38. The number of anilines is 1. The molecule has 14 heavy (non-hydrogen) atoms. The summed E-state index contributed by atoms with van der Waals surface area (Å²) in [6.45, 7) is -0.648. The van der Waals surface area contributed by atoms with Crippen molar-refractivity contribution >= 4 is 16.7 Å². The number of pyridine rings is 1. The maximum Gasteiger partial charge on any atom is 0.150 e. The number of hydrogen-bond acceptors (Lipinski definition) is 2. The molecule has 2 heterocycles. The number of rotatable bonds is 0. The molecule has 0 atom stereocenters. The fraction of sp³-hybridized carbons (Fsp3) is 0.100. The van der Waals surface area contributed by atoms with Gasteiger partial charge < -0.3 is 10.7 Å². The molecule has 0 saturated carbocycles. The molecular formula is C10H8FN3. The minimum Gasteiger partial charge on any atom is -0.397 e. The van der Waals surface area contributed by atoms with Gasteiger partial charge in [0, 0.05) is 5.39 Å². The number of nitrogens with two attached hydrogens (primary N) is 1. The lowest BCUT2D eigenvalue weighted by molar-refractivity contribution is 0.573. The summed E-state index contributed by atoms with van der Waals surface area (Å²) in [7, 11) is 0. The predicted octanol–water partition coefficient (Wildman–Crippen LogP) is 1.47. The summed E-state index contributed by atoms with van der Waals surface area (Å²) >= 11 is 0. The Labute approximate surface area is 80.1 Å². The lowest BCUT2D eigenvalue weighted by Gasteiger charge is -1.89. The van der Waals surface area contributed by atoms with Gasteiger partial charge in [-0.2, -0.15) is 0 Å². The van der Waals surface area contributed by atoms with Crippen molar-refractivity contribution in [3.63, 3.8) is 0 Å². The van der Waals surface area contributed by atoms with Gasteiger partial charge in [0.2, 0.25) is 0 Å². The predicted molar refractivity (Wildman–Crippen MR) is 53.4 cm³/mol. The van der Waals surface area contributed by atoms with Crippen molar-refractivity contribution in [1.82, 2.24) is 9.97 Å². The van der Waals surface area contributed by atoms with Crippen LogP contribution in [0.5, 0.6) is 0 Å². The third-order valence-corrected chi connectivity index (χ3v) is 1.78. The first-order valence-electron chi connectivity index (χ1n) is 4.08. The topological polar surface area (TPSA) is 54.7 Å². The summed E-state index contributed by atoms with van der Waals surface area (Å²) in [4.78, 5) is 7.02. The molecule has 0 spiro atoms. The summed E-state index contributed by atoms with van der Waals surface area (Å²) in [6.07, 6.45) is 1.56. The first-order valence-corrected chi connectivity index (χ1v) is 4.08. The average molecular weight is 189 g/mol. The molecule has 3 nitrogen and oxygen atoms in total. The van der Waals surface area contributed by atoms with Crippen molar-refractivity contribution in [2.45, 2.75) is 0 Å².